The standard InChI is InChI=1S/C15H10BrNO2/c16-10-19-15(18)12-6-3-5-11(8-12)14-7-2-1-4-13(14)9-17/h1-8H,10H2. The van der Waals surface area contributed by atoms with E-state index < -0.39 is 5.97 Å². The van der Waals surface area contributed by atoms with Crippen LogP contribution in [0.15, 0.2) is 48.5 Å². The predicted molar refractivity (Wildman–Crippen MR) is 75.8 cm³/mol. The highest BCUT2D eigenvalue weighted by Gasteiger charge is 2.09. The fourth-order valence-corrected chi connectivity index (χ4v) is 1.99. The number of carbonyl (C=O) groups is 1. The summed E-state index contributed by atoms with van der Waals surface area (Å²) in [5.41, 5.74) is 2.82. The molecule has 0 heterocycles. The van der Waals surface area contributed by atoms with Gasteiger partial charge in [-0.2, -0.15) is 5.26 Å². The molecule has 0 amide bonds. The van der Waals surface area contributed by atoms with E-state index in [0.717, 1.165) is 11.1 Å². The Labute approximate surface area is 119 Å². The molecule has 19 heavy (non-hydrogen) atoms. The van der Waals surface area contributed by atoms with E-state index in [0.29, 0.717) is 11.1 Å². The lowest BCUT2D eigenvalue weighted by Gasteiger charge is -2.06. The van der Waals surface area contributed by atoms with E-state index in [9.17, 15) is 4.79 Å². The fourth-order valence-electron chi connectivity index (χ4n) is 1.78. The largest absolute Gasteiger partial charge is 0.450 e. The van der Waals surface area contributed by atoms with Gasteiger partial charge in [-0.05, 0) is 45.3 Å². The second kappa shape index (κ2) is 6.17. The zero-order chi connectivity index (χ0) is 13.7. The van der Waals surface area contributed by atoms with Gasteiger partial charge < -0.3 is 4.74 Å². The molecule has 0 aliphatic heterocycles. The van der Waals surface area contributed by atoms with Gasteiger partial charge in [-0.25, -0.2) is 4.79 Å². The van der Waals surface area contributed by atoms with Crippen molar-refractivity contribution in [1.82, 2.24) is 0 Å². The zero-order valence-corrected chi connectivity index (χ0v) is 11.6. The van der Waals surface area contributed by atoms with Crippen LogP contribution >= 0.6 is 15.9 Å². The molecule has 0 fully saturated rings. The average Bonchev–Trinajstić information content (AvgIpc) is 2.47. The highest BCUT2D eigenvalue weighted by atomic mass is 79.9. The number of esters is 1. The molecule has 0 spiro atoms. The Morgan fingerprint density at radius 1 is 1.21 bits per heavy atom. The van der Waals surface area contributed by atoms with Crippen molar-refractivity contribution >= 4 is 21.9 Å². The van der Waals surface area contributed by atoms with Crippen LogP contribution in [0, 0.1) is 11.3 Å². The molecule has 0 N–H and O–H groups in total. The number of carbonyl (C=O) groups excluding carboxylic acids is 1. The topological polar surface area (TPSA) is 50.1 Å². The molecule has 0 radical (unpaired) electrons. The Morgan fingerprint density at radius 3 is 2.74 bits per heavy atom. The van der Waals surface area contributed by atoms with Crippen LogP contribution in [-0.2, 0) is 4.74 Å². The van der Waals surface area contributed by atoms with Crippen molar-refractivity contribution in [2.24, 2.45) is 0 Å². The van der Waals surface area contributed by atoms with E-state index in [2.05, 4.69) is 22.0 Å². The molecule has 0 aliphatic carbocycles. The highest BCUT2D eigenvalue weighted by Crippen LogP contribution is 2.24. The van der Waals surface area contributed by atoms with Crippen LogP contribution in [-0.4, -0.2) is 11.5 Å². The number of hydrogen-bond donors (Lipinski definition) is 0. The van der Waals surface area contributed by atoms with E-state index in [4.69, 9.17) is 10.00 Å². The number of nitrogens with zero attached hydrogens (tertiary/aromatic N) is 1. The molecule has 2 aromatic carbocycles. The summed E-state index contributed by atoms with van der Waals surface area (Å²) >= 11 is 3.05. The van der Waals surface area contributed by atoms with Crippen molar-refractivity contribution in [2.75, 3.05) is 5.52 Å². The summed E-state index contributed by atoms with van der Waals surface area (Å²) in [6, 6.07) is 16.5. The molecule has 0 saturated carbocycles. The molecule has 0 bridgehead atoms. The summed E-state index contributed by atoms with van der Waals surface area (Å²) in [6.45, 7) is 0. The van der Waals surface area contributed by atoms with Gasteiger partial charge in [0.1, 0.15) is 5.52 Å². The lowest BCUT2D eigenvalue weighted by Crippen LogP contribution is -2.03. The summed E-state index contributed by atoms with van der Waals surface area (Å²) in [5.74, 6) is -0.395. The van der Waals surface area contributed by atoms with Gasteiger partial charge in [0.2, 0.25) is 0 Å². The Kier molecular flexibility index (Phi) is 4.32. The van der Waals surface area contributed by atoms with Crippen molar-refractivity contribution in [3.05, 3.63) is 59.7 Å². The maximum absolute atomic E-state index is 11.7. The van der Waals surface area contributed by atoms with Gasteiger partial charge in [-0.3, -0.25) is 0 Å². The molecule has 3 nitrogen and oxygen atoms in total. The van der Waals surface area contributed by atoms with Gasteiger partial charge in [0.05, 0.1) is 17.2 Å². The highest BCUT2D eigenvalue weighted by molar-refractivity contribution is 9.09. The second-order valence-electron chi connectivity index (χ2n) is 3.78. The van der Waals surface area contributed by atoms with Gasteiger partial charge in [0, 0.05) is 0 Å². The first-order chi connectivity index (χ1) is 9.26. The number of benzene rings is 2. The third kappa shape index (κ3) is 3.01. The summed E-state index contributed by atoms with van der Waals surface area (Å²) in [4.78, 5) is 11.7. The van der Waals surface area contributed by atoms with Crippen molar-refractivity contribution in [1.29, 1.82) is 5.26 Å². The molecule has 0 aromatic heterocycles. The van der Waals surface area contributed by atoms with E-state index >= 15 is 0 Å². The lowest BCUT2D eigenvalue weighted by molar-refractivity contribution is 0.0584. The molecular formula is C15H10BrNO2. The van der Waals surface area contributed by atoms with Crippen LogP contribution < -0.4 is 0 Å². The lowest BCUT2D eigenvalue weighted by atomic mass is 9.99. The Morgan fingerprint density at radius 2 is 2.00 bits per heavy atom. The minimum Gasteiger partial charge on any atom is -0.450 e. The summed E-state index contributed by atoms with van der Waals surface area (Å²) in [5, 5.41) is 9.09. The van der Waals surface area contributed by atoms with Crippen LogP contribution in [0.4, 0.5) is 0 Å². The first-order valence-corrected chi connectivity index (χ1v) is 6.71. The number of nitriles is 1. The Bertz CT molecular complexity index is 647. The molecule has 0 saturated heterocycles. The van der Waals surface area contributed by atoms with Crippen molar-refractivity contribution in [2.45, 2.75) is 0 Å². The van der Waals surface area contributed by atoms with Crippen LogP contribution in [0.3, 0.4) is 0 Å². The first kappa shape index (κ1) is 13.3. The number of rotatable bonds is 3. The van der Waals surface area contributed by atoms with Crippen LogP contribution in [0.1, 0.15) is 15.9 Å². The zero-order valence-electron chi connectivity index (χ0n) is 9.97. The van der Waals surface area contributed by atoms with Crippen molar-refractivity contribution in [3.8, 4) is 17.2 Å². The van der Waals surface area contributed by atoms with Gasteiger partial charge in [0.15, 0.2) is 0 Å². The quantitative estimate of drug-likeness (QED) is 0.640. The van der Waals surface area contributed by atoms with E-state index in [-0.39, 0.29) is 5.52 Å². The van der Waals surface area contributed by atoms with Crippen LogP contribution in [0.2, 0.25) is 0 Å². The molecule has 0 atom stereocenters. The maximum atomic E-state index is 11.7. The van der Waals surface area contributed by atoms with Crippen molar-refractivity contribution < 1.29 is 9.53 Å². The third-order valence-corrected chi connectivity index (χ3v) is 2.87. The average molecular weight is 316 g/mol. The molecule has 2 rings (SSSR count). The number of hydrogen-bond acceptors (Lipinski definition) is 3. The molecule has 0 unspecified atom stereocenters. The maximum Gasteiger partial charge on any atom is 0.338 e. The molecular weight excluding hydrogens is 306 g/mol. The number of halogens is 1. The predicted octanol–water partition coefficient (Wildman–Crippen LogP) is 3.73. The molecule has 4 heteroatoms. The van der Waals surface area contributed by atoms with E-state index in [1.54, 1.807) is 24.3 Å². The summed E-state index contributed by atoms with van der Waals surface area (Å²) in [6.07, 6.45) is 0. The Balaban J connectivity index is 2.44. The SMILES string of the molecule is N#Cc1ccccc1-c1cccc(C(=O)OCBr)c1. The first-order valence-electron chi connectivity index (χ1n) is 5.59. The molecule has 0 aliphatic rings. The smallest absolute Gasteiger partial charge is 0.338 e. The van der Waals surface area contributed by atoms with Crippen molar-refractivity contribution in [3.63, 3.8) is 0 Å². The van der Waals surface area contributed by atoms with Gasteiger partial charge in [0.25, 0.3) is 0 Å². The summed E-state index contributed by atoms with van der Waals surface area (Å²) in [7, 11) is 0. The van der Waals surface area contributed by atoms with Gasteiger partial charge >= 0.3 is 5.97 Å². The number of ether oxygens (including phenoxy) is 1. The summed E-state index contributed by atoms with van der Waals surface area (Å²) < 4.78 is 4.89. The normalized spacial score (nSPS) is 9.68. The Hall–Kier alpha value is -2.12. The van der Waals surface area contributed by atoms with E-state index in [1.165, 1.54) is 0 Å². The molecule has 2 aromatic rings. The fraction of sp³-hybridized carbons (Fsp3) is 0.0667. The monoisotopic (exact) mass is 315 g/mol. The number of alkyl halides is 1. The van der Waals surface area contributed by atoms with Crippen LogP contribution in [0.5, 0.6) is 0 Å². The molecule has 94 valence electrons. The van der Waals surface area contributed by atoms with Gasteiger partial charge in [-0.15, -0.1) is 0 Å². The minimum absolute atomic E-state index is 0.158. The van der Waals surface area contributed by atoms with Gasteiger partial charge in [-0.1, -0.05) is 30.3 Å². The second-order valence-corrected chi connectivity index (χ2v) is 4.24. The van der Waals surface area contributed by atoms with Crippen LogP contribution in [0.25, 0.3) is 11.1 Å². The minimum atomic E-state index is -0.395. The van der Waals surface area contributed by atoms with E-state index in [1.807, 2.05) is 24.3 Å². The third-order valence-electron chi connectivity index (χ3n) is 2.64.